The number of benzene rings is 1. The van der Waals surface area contributed by atoms with Crippen LogP contribution in [0.15, 0.2) is 39.9 Å². The Morgan fingerprint density at radius 1 is 1.40 bits per heavy atom. The lowest BCUT2D eigenvalue weighted by Crippen LogP contribution is -2.28. The highest BCUT2D eigenvalue weighted by Crippen LogP contribution is 2.38. The van der Waals surface area contributed by atoms with Crippen LogP contribution in [0.5, 0.6) is 0 Å². The minimum atomic E-state index is -0.177. The van der Waals surface area contributed by atoms with Crippen molar-refractivity contribution in [2.75, 3.05) is 5.75 Å². The molecule has 1 saturated carbocycles. The molecule has 1 N–H and O–H groups in total. The molecule has 130 valence electrons. The van der Waals surface area contributed by atoms with Gasteiger partial charge >= 0.3 is 0 Å². The molecule has 1 aromatic carbocycles. The van der Waals surface area contributed by atoms with Gasteiger partial charge in [0.1, 0.15) is 17.2 Å². The molecule has 2 heterocycles. The fourth-order valence-electron chi connectivity index (χ4n) is 2.90. The third-order valence-corrected chi connectivity index (χ3v) is 5.27. The lowest BCUT2D eigenvalue weighted by atomic mass is 10.2. The van der Waals surface area contributed by atoms with Gasteiger partial charge in [0.2, 0.25) is 5.91 Å². The van der Waals surface area contributed by atoms with Gasteiger partial charge in [-0.05, 0) is 38.8 Å². The maximum atomic E-state index is 12.3. The van der Waals surface area contributed by atoms with Crippen molar-refractivity contribution in [1.82, 2.24) is 20.1 Å². The number of aromatic nitrogens is 3. The van der Waals surface area contributed by atoms with Crippen molar-refractivity contribution in [2.24, 2.45) is 0 Å². The SMILES string of the molecule is Cc1nnc(SCC(=O)NC(C)c2cc3ccccc3o2)n1C1CC1. The molecule has 7 heteroatoms. The zero-order valence-electron chi connectivity index (χ0n) is 14.2. The van der Waals surface area contributed by atoms with E-state index in [0.29, 0.717) is 11.8 Å². The van der Waals surface area contributed by atoms with Gasteiger partial charge in [0.25, 0.3) is 0 Å². The van der Waals surface area contributed by atoms with Crippen LogP contribution >= 0.6 is 11.8 Å². The predicted molar refractivity (Wildman–Crippen MR) is 96.5 cm³/mol. The fraction of sp³-hybridized carbons (Fsp3) is 0.389. The summed E-state index contributed by atoms with van der Waals surface area (Å²) in [4.78, 5) is 12.3. The van der Waals surface area contributed by atoms with E-state index in [1.807, 2.05) is 44.2 Å². The summed E-state index contributed by atoms with van der Waals surface area (Å²) in [5, 5.41) is 13.2. The number of aryl methyl sites for hydroxylation is 1. The standard InChI is InChI=1S/C18H20N4O2S/c1-11(16-9-13-5-3-4-6-15(13)24-16)19-17(23)10-25-18-21-20-12(2)22(18)14-7-8-14/h3-6,9,11,14H,7-8,10H2,1-2H3,(H,19,23). The molecular formula is C18H20N4O2S. The summed E-state index contributed by atoms with van der Waals surface area (Å²) in [7, 11) is 0. The maximum absolute atomic E-state index is 12.3. The first-order valence-corrected chi connectivity index (χ1v) is 9.42. The second-order valence-corrected chi connectivity index (χ2v) is 7.34. The number of hydrogen-bond donors (Lipinski definition) is 1. The molecule has 1 unspecified atom stereocenters. The second-order valence-electron chi connectivity index (χ2n) is 6.40. The number of carbonyl (C=O) groups is 1. The van der Waals surface area contributed by atoms with E-state index in [4.69, 9.17) is 4.42 Å². The molecule has 0 spiro atoms. The topological polar surface area (TPSA) is 73.0 Å². The quantitative estimate of drug-likeness (QED) is 0.683. The molecule has 3 aromatic rings. The number of thioether (sulfide) groups is 1. The summed E-state index contributed by atoms with van der Waals surface area (Å²) in [5.74, 6) is 1.95. The Morgan fingerprint density at radius 3 is 2.96 bits per heavy atom. The Balaban J connectivity index is 1.37. The number of hydrogen-bond acceptors (Lipinski definition) is 5. The molecule has 2 aromatic heterocycles. The number of nitrogens with one attached hydrogen (secondary N) is 1. The van der Waals surface area contributed by atoms with E-state index in [-0.39, 0.29) is 11.9 Å². The number of carbonyl (C=O) groups excluding carboxylic acids is 1. The van der Waals surface area contributed by atoms with E-state index in [1.54, 1.807) is 0 Å². The number of fused-ring (bicyclic) bond motifs is 1. The summed E-state index contributed by atoms with van der Waals surface area (Å²) in [6.07, 6.45) is 2.34. The first-order chi connectivity index (χ1) is 12.1. The van der Waals surface area contributed by atoms with Gasteiger partial charge in [-0.3, -0.25) is 4.79 Å². The van der Waals surface area contributed by atoms with Crippen LogP contribution in [-0.4, -0.2) is 26.4 Å². The van der Waals surface area contributed by atoms with Gasteiger partial charge in [-0.2, -0.15) is 0 Å². The van der Waals surface area contributed by atoms with E-state index in [9.17, 15) is 4.79 Å². The fourth-order valence-corrected chi connectivity index (χ4v) is 3.76. The first-order valence-electron chi connectivity index (χ1n) is 8.44. The molecule has 1 atom stereocenters. The average Bonchev–Trinajstić information content (AvgIpc) is 3.22. The van der Waals surface area contributed by atoms with Gasteiger partial charge in [-0.1, -0.05) is 30.0 Å². The van der Waals surface area contributed by atoms with E-state index in [2.05, 4.69) is 20.1 Å². The van der Waals surface area contributed by atoms with Crippen LogP contribution < -0.4 is 5.32 Å². The highest BCUT2D eigenvalue weighted by molar-refractivity contribution is 7.99. The molecule has 0 radical (unpaired) electrons. The van der Waals surface area contributed by atoms with Gasteiger partial charge in [0, 0.05) is 11.4 Å². The number of amides is 1. The van der Waals surface area contributed by atoms with Gasteiger partial charge in [-0.25, -0.2) is 0 Å². The average molecular weight is 356 g/mol. The van der Waals surface area contributed by atoms with Crippen molar-refractivity contribution in [3.05, 3.63) is 41.9 Å². The molecular weight excluding hydrogens is 336 g/mol. The summed E-state index contributed by atoms with van der Waals surface area (Å²) in [6, 6.07) is 10.1. The number of nitrogens with zero attached hydrogens (tertiary/aromatic N) is 3. The highest BCUT2D eigenvalue weighted by Gasteiger charge is 2.28. The van der Waals surface area contributed by atoms with Gasteiger partial charge in [-0.15, -0.1) is 10.2 Å². The third kappa shape index (κ3) is 3.42. The van der Waals surface area contributed by atoms with Gasteiger partial charge in [0.05, 0.1) is 11.8 Å². The normalized spacial score (nSPS) is 15.4. The van der Waals surface area contributed by atoms with Crippen LogP contribution in [0.25, 0.3) is 11.0 Å². The van der Waals surface area contributed by atoms with Crippen molar-refractivity contribution in [1.29, 1.82) is 0 Å². The summed E-state index contributed by atoms with van der Waals surface area (Å²) in [6.45, 7) is 3.89. The van der Waals surface area contributed by atoms with Crippen LogP contribution in [0.2, 0.25) is 0 Å². The summed E-state index contributed by atoms with van der Waals surface area (Å²) in [5.41, 5.74) is 0.834. The minimum Gasteiger partial charge on any atom is -0.459 e. The lowest BCUT2D eigenvalue weighted by molar-refractivity contribution is -0.119. The number of rotatable bonds is 6. The third-order valence-electron chi connectivity index (χ3n) is 4.33. The number of furan rings is 1. The van der Waals surface area contributed by atoms with Crippen molar-refractivity contribution >= 4 is 28.6 Å². The van der Waals surface area contributed by atoms with Crippen LogP contribution in [0.1, 0.15) is 43.4 Å². The smallest absolute Gasteiger partial charge is 0.231 e. The monoisotopic (exact) mass is 356 g/mol. The van der Waals surface area contributed by atoms with Crippen LogP contribution in [0, 0.1) is 6.92 Å². The first kappa shape index (κ1) is 16.2. The molecule has 0 aliphatic heterocycles. The molecule has 25 heavy (non-hydrogen) atoms. The van der Waals surface area contributed by atoms with Crippen molar-refractivity contribution < 1.29 is 9.21 Å². The van der Waals surface area contributed by atoms with Crippen LogP contribution in [0.4, 0.5) is 0 Å². The van der Waals surface area contributed by atoms with Crippen LogP contribution in [-0.2, 0) is 4.79 Å². The van der Waals surface area contributed by atoms with E-state index in [0.717, 1.165) is 27.7 Å². The van der Waals surface area contributed by atoms with Gasteiger partial charge < -0.3 is 14.3 Å². The Labute approximate surface area is 150 Å². The van der Waals surface area contributed by atoms with Crippen molar-refractivity contribution in [3.8, 4) is 0 Å². The summed E-state index contributed by atoms with van der Waals surface area (Å²) >= 11 is 1.43. The van der Waals surface area contributed by atoms with Crippen molar-refractivity contribution in [2.45, 2.75) is 43.9 Å². The van der Waals surface area contributed by atoms with E-state index in [1.165, 1.54) is 24.6 Å². The molecule has 1 aliphatic carbocycles. The molecule has 1 aliphatic rings. The Hall–Kier alpha value is -2.28. The maximum Gasteiger partial charge on any atom is 0.231 e. The van der Waals surface area contributed by atoms with Crippen molar-refractivity contribution in [3.63, 3.8) is 0 Å². The zero-order chi connectivity index (χ0) is 17.4. The predicted octanol–water partition coefficient (Wildman–Crippen LogP) is 3.64. The highest BCUT2D eigenvalue weighted by atomic mass is 32.2. The molecule has 1 fully saturated rings. The minimum absolute atomic E-state index is 0.0408. The zero-order valence-corrected chi connectivity index (χ0v) is 15.0. The Kier molecular flexibility index (Phi) is 4.25. The summed E-state index contributed by atoms with van der Waals surface area (Å²) < 4.78 is 7.95. The second kappa shape index (κ2) is 6.55. The van der Waals surface area contributed by atoms with Crippen LogP contribution in [0.3, 0.4) is 0 Å². The Morgan fingerprint density at radius 2 is 2.20 bits per heavy atom. The van der Waals surface area contributed by atoms with Gasteiger partial charge in [0.15, 0.2) is 5.16 Å². The molecule has 4 rings (SSSR count). The van der Waals surface area contributed by atoms with E-state index < -0.39 is 0 Å². The molecule has 0 bridgehead atoms. The molecule has 1 amide bonds. The Bertz CT molecular complexity index is 880. The lowest BCUT2D eigenvalue weighted by Gasteiger charge is -2.11. The number of para-hydroxylation sites is 1. The largest absolute Gasteiger partial charge is 0.459 e. The molecule has 6 nitrogen and oxygen atoms in total. The van der Waals surface area contributed by atoms with E-state index >= 15 is 0 Å². The molecule has 0 saturated heterocycles.